The van der Waals surface area contributed by atoms with E-state index in [0.29, 0.717) is 37.6 Å². The fourth-order valence-electron chi connectivity index (χ4n) is 3.02. The van der Waals surface area contributed by atoms with E-state index in [1.807, 2.05) is 31.1 Å². The topological polar surface area (TPSA) is 39.7 Å². The molecule has 0 unspecified atom stereocenters. The van der Waals surface area contributed by atoms with Gasteiger partial charge in [-0.2, -0.15) is 13.2 Å². The average molecular weight is 413 g/mol. The zero-order valence-corrected chi connectivity index (χ0v) is 16.3. The highest BCUT2D eigenvalue weighted by atomic mass is 35.5. The van der Waals surface area contributed by atoms with Crippen LogP contribution < -0.4 is 9.80 Å². The van der Waals surface area contributed by atoms with Gasteiger partial charge in [0, 0.05) is 57.7 Å². The maximum atomic E-state index is 12.8. The molecule has 1 aromatic carbocycles. The first-order chi connectivity index (χ1) is 13.2. The summed E-state index contributed by atoms with van der Waals surface area (Å²) >= 11 is 6.02. The number of anilines is 2. The molecule has 5 nitrogen and oxygen atoms in total. The summed E-state index contributed by atoms with van der Waals surface area (Å²) in [6, 6.07) is 8.23. The third kappa shape index (κ3) is 4.32. The van der Waals surface area contributed by atoms with Crippen LogP contribution in [0.25, 0.3) is 0 Å². The van der Waals surface area contributed by atoms with Gasteiger partial charge in [0.2, 0.25) is 0 Å². The largest absolute Gasteiger partial charge is 0.417 e. The molecule has 0 N–H and O–H groups in total. The standard InChI is InChI=1S/C19H20ClF3N4O/c1-25(2)15-5-3-13(4-6-15)18(28)27-9-7-26(8-10-27)17-16(20)11-14(12-24-17)19(21,22)23/h3-6,11-12H,7-10H2,1-2H3. The summed E-state index contributed by atoms with van der Waals surface area (Å²) in [5, 5.41) is -0.0473. The van der Waals surface area contributed by atoms with Gasteiger partial charge in [-0.3, -0.25) is 4.79 Å². The minimum absolute atomic E-state index is 0.0473. The van der Waals surface area contributed by atoms with E-state index >= 15 is 0 Å². The van der Waals surface area contributed by atoms with E-state index in [2.05, 4.69) is 4.98 Å². The lowest BCUT2D eigenvalue weighted by atomic mass is 10.1. The van der Waals surface area contributed by atoms with E-state index in [-0.39, 0.29) is 10.9 Å². The number of piperazine rings is 1. The molecule has 0 saturated carbocycles. The number of nitrogens with zero attached hydrogens (tertiary/aromatic N) is 4. The first-order valence-corrected chi connectivity index (χ1v) is 9.09. The summed E-state index contributed by atoms with van der Waals surface area (Å²) in [7, 11) is 3.85. The minimum atomic E-state index is -4.48. The zero-order valence-electron chi connectivity index (χ0n) is 15.5. The van der Waals surface area contributed by atoms with Gasteiger partial charge in [-0.05, 0) is 30.3 Å². The molecule has 2 heterocycles. The van der Waals surface area contributed by atoms with E-state index in [9.17, 15) is 18.0 Å². The second-order valence-corrected chi connectivity index (χ2v) is 7.15. The van der Waals surface area contributed by atoms with Gasteiger partial charge in [0.15, 0.2) is 0 Å². The van der Waals surface area contributed by atoms with Gasteiger partial charge in [0.25, 0.3) is 5.91 Å². The van der Waals surface area contributed by atoms with Gasteiger partial charge in [0.1, 0.15) is 5.82 Å². The monoisotopic (exact) mass is 412 g/mol. The van der Waals surface area contributed by atoms with Crippen molar-refractivity contribution in [1.82, 2.24) is 9.88 Å². The molecule has 1 aromatic heterocycles. The number of benzene rings is 1. The number of aromatic nitrogens is 1. The van der Waals surface area contributed by atoms with Gasteiger partial charge in [0.05, 0.1) is 10.6 Å². The number of amides is 1. The van der Waals surface area contributed by atoms with E-state index in [4.69, 9.17) is 11.6 Å². The van der Waals surface area contributed by atoms with Crippen molar-refractivity contribution in [3.05, 3.63) is 52.7 Å². The maximum absolute atomic E-state index is 12.8. The van der Waals surface area contributed by atoms with Crippen molar-refractivity contribution < 1.29 is 18.0 Å². The van der Waals surface area contributed by atoms with Crippen molar-refractivity contribution in [2.24, 2.45) is 0 Å². The number of carbonyl (C=O) groups excluding carboxylic acids is 1. The highest BCUT2D eigenvalue weighted by Gasteiger charge is 2.32. The summed E-state index contributed by atoms with van der Waals surface area (Å²) in [5.41, 5.74) is 0.727. The van der Waals surface area contributed by atoms with Gasteiger partial charge in [-0.1, -0.05) is 11.6 Å². The van der Waals surface area contributed by atoms with Crippen molar-refractivity contribution in [2.45, 2.75) is 6.18 Å². The molecule has 1 aliphatic heterocycles. The Kier molecular flexibility index (Phi) is 5.69. The Morgan fingerprint density at radius 3 is 2.21 bits per heavy atom. The smallest absolute Gasteiger partial charge is 0.378 e. The summed E-state index contributed by atoms with van der Waals surface area (Å²) in [5.74, 6) is 0.230. The Morgan fingerprint density at radius 2 is 1.71 bits per heavy atom. The van der Waals surface area contributed by atoms with E-state index in [1.54, 1.807) is 21.9 Å². The lowest BCUT2D eigenvalue weighted by Gasteiger charge is -2.36. The second kappa shape index (κ2) is 7.87. The molecule has 3 rings (SSSR count). The van der Waals surface area contributed by atoms with E-state index in [0.717, 1.165) is 18.0 Å². The molecular formula is C19H20ClF3N4O. The number of carbonyl (C=O) groups is 1. The second-order valence-electron chi connectivity index (χ2n) is 6.75. The van der Waals surface area contributed by atoms with Gasteiger partial charge in [-0.25, -0.2) is 4.98 Å². The van der Waals surface area contributed by atoms with Gasteiger partial charge in [-0.15, -0.1) is 0 Å². The number of hydrogen-bond acceptors (Lipinski definition) is 4. The third-order valence-corrected chi connectivity index (χ3v) is 4.92. The summed E-state index contributed by atoms with van der Waals surface area (Å²) in [4.78, 5) is 22.0. The van der Waals surface area contributed by atoms with E-state index in [1.165, 1.54) is 0 Å². The van der Waals surface area contributed by atoms with Gasteiger partial charge >= 0.3 is 6.18 Å². The van der Waals surface area contributed by atoms with Crippen LogP contribution in [0.4, 0.5) is 24.7 Å². The maximum Gasteiger partial charge on any atom is 0.417 e. The molecule has 150 valence electrons. The summed E-state index contributed by atoms with van der Waals surface area (Å²) < 4.78 is 38.3. The molecule has 1 aliphatic rings. The highest BCUT2D eigenvalue weighted by Crippen LogP contribution is 2.33. The number of halogens is 4. The number of rotatable bonds is 3. The lowest BCUT2D eigenvalue weighted by Crippen LogP contribution is -2.49. The van der Waals surface area contributed by atoms with Gasteiger partial charge < -0.3 is 14.7 Å². The highest BCUT2D eigenvalue weighted by molar-refractivity contribution is 6.33. The van der Waals surface area contributed by atoms with Crippen LogP contribution in [0.1, 0.15) is 15.9 Å². The average Bonchev–Trinajstić information content (AvgIpc) is 2.67. The van der Waals surface area contributed by atoms with Crippen LogP contribution in [0.5, 0.6) is 0 Å². The first-order valence-electron chi connectivity index (χ1n) is 8.71. The molecule has 28 heavy (non-hydrogen) atoms. The lowest BCUT2D eigenvalue weighted by molar-refractivity contribution is -0.137. The van der Waals surface area contributed by atoms with Crippen molar-refractivity contribution >= 4 is 29.0 Å². The fraction of sp³-hybridized carbons (Fsp3) is 0.368. The number of alkyl halides is 3. The number of pyridine rings is 1. The molecule has 0 aliphatic carbocycles. The van der Waals surface area contributed by atoms with Crippen LogP contribution >= 0.6 is 11.6 Å². The minimum Gasteiger partial charge on any atom is -0.378 e. The fourth-order valence-corrected chi connectivity index (χ4v) is 3.31. The Hall–Kier alpha value is -2.48. The predicted molar refractivity (Wildman–Crippen MR) is 103 cm³/mol. The summed E-state index contributed by atoms with van der Waals surface area (Å²) in [6.45, 7) is 1.76. The normalized spacial score (nSPS) is 14.9. The number of hydrogen-bond donors (Lipinski definition) is 0. The third-order valence-electron chi connectivity index (χ3n) is 4.65. The van der Waals surface area contributed by atoms with Crippen molar-refractivity contribution in [3.8, 4) is 0 Å². The SMILES string of the molecule is CN(C)c1ccc(C(=O)N2CCN(c3ncc(C(F)(F)F)cc3Cl)CC2)cc1. The molecule has 1 amide bonds. The first kappa shape index (κ1) is 20.3. The molecule has 1 saturated heterocycles. The molecule has 0 atom stereocenters. The molecule has 2 aromatic rings. The molecule has 0 spiro atoms. The van der Waals surface area contributed by atoms with Crippen LogP contribution in [0.15, 0.2) is 36.5 Å². The van der Waals surface area contributed by atoms with Crippen LogP contribution in [0.2, 0.25) is 5.02 Å². The zero-order chi connectivity index (χ0) is 20.5. The van der Waals surface area contributed by atoms with Crippen molar-refractivity contribution in [1.29, 1.82) is 0 Å². The van der Waals surface area contributed by atoms with Crippen molar-refractivity contribution in [3.63, 3.8) is 0 Å². The Bertz CT molecular complexity index is 847. The molecule has 9 heteroatoms. The molecule has 0 bridgehead atoms. The van der Waals surface area contributed by atoms with Crippen LogP contribution in [0, 0.1) is 0 Å². The Labute approximate surface area is 166 Å². The summed E-state index contributed by atoms with van der Waals surface area (Å²) in [6.07, 6.45) is -3.70. The molecular weight excluding hydrogens is 393 g/mol. The van der Waals surface area contributed by atoms with Crippen LogP contribution in [-0.4, -0.2) is 56.1 Å². The Morgan fingerprint density at radius 1 is 1.11 bits per heavy atom. The van der Waals surface area contributed by atoms with Crippen LogP contribution in [0.3, 0.4) is 0 Å². The molecule has 1 fully saturated rings. The quantitative estimate of drug-likeness (QED) is 0.769. The Balaban J connectivity index is 1.65. The van der Waals surface area contributed by atoms with Crippen molar-refractivity contribution in [2.75, 3.05) is 50.1 Å². The predicted octanol–water partition coefficient (Wildman–Crippen LogP) is 3.78. The van der Waals surface area contributed by atoms with Crippen LogP contribution in [-0.2, 0) is 6.18 Å². The van der Waals surface area contributed by atoms with E-state index < -0.39 is 11.7 Å². The molecule has 0 radical (unpaired) electrons.